The Bertz CT molecular complexity index is 1380. The van der Waals surface area contributed by atoms with E-state index in [-0.39, 0.29) is 29.7 Å². The molecule has 0 spiro atoms. The van der Waals surface area contributed by atoms with Gasteiger partial charge in [0.15, 0.2) is 0 Å². The molecule has 0 fully saturated rings. The number of aromatic nitrogens is 2. The lowest BCUT2D eigenvalue weighted by Crippen LogP contribution is -2.30. The van der Waals surface area contributed by atoms with Crippen molar-refractivity contribution in [3.05, 3.63) is 76.0 Å². The van der Waals surface area contributed by atoms with Crippen molar-refractivity contribution in [3.8, 4) is 17.3 Å². The Labute approximate surface area is 211 Å². The van der Waals surface area contributed by atoms with Gasteiger partial charge in [-0.3, -0.25) is 14.7 Å². The fourth-order valence-corrected chi connectivity index (χ4v) is 5.44. The zero-order valence-electron chi connectivity index (χ0n) is 21.2. The van der Waals surface area contributed by atoms with Crippen molar-refractivity contribution in [3.63, 3.8) is 0 Å². The first-order valence-corrected chi connectivity index (χ1v) is 12.4. The molecule has 0 saturated carbocycles. The number of carbonyl (C=O) groups is 2. The predicted molar refractivity (Wildman–Crippen MR) is 137 cm³/mol. The van der Waals surface area contributed by atoms with Crippen molar-refractivity contribution in [2.45, 2.75) is 65.6 Å². The first kappa shape index (κ1) is 23.8. The van der Waals surface area contributed by atoms with E-state index in [2.05, 4.69) is 41.5 Å². The van der Waals surface area contributed by atoms with Crippen molar-refractivity contribution in [1.82, 2.24) is 20.4 Å². The van der Waals surface area contributed by atoms with E-state index in [1.165, 1.54) is 11.3 Å². The fraction of sp³-hybridized carbons (Fsp3) is 0.379. The predicted octanol–water partition coefficient (Wildman–Crippen LogP) is 4.95. The molecule has 36 heavy (non-hydrogen) atoms. The molecule has 0 unspecified atom stereocenters. The molecule has 2 aromatic carbocycles. The zero-order chi connectivity index (χ0) is 25.6. The molecule has 184 valence electrons. The van der Waals surface area contributed by atoms with E-state index in [1.54, 1.807) is 17.0 Å². The molecule has 0 radical (unpaired) electrons. The lowest BCUT2D eigenvalue weighted by molar-refractivity contribution is 0.0703. The van der Waals surface area contributed by atoms with Crippen LogP contribution in [0.15, 0.2) is 42.5 Å². The number of carbonyl (C=O) groups excluding carboxylic acids is 2. The van der Waals surface area contributed by atoms with Gasteiger partial charge in [0.1, 0.15) is 0 Å². The molecular formula is C29H31N5O2. The highest BCUT2D eigenvalue weighted by molar-refractivity contribution is 5.99. The van der Waals surface area contributed by atoms with Crippen molar-refractivity contribution >= 4 is 11.8 Å². The Hall–Kier alpha value is -3.92. The third-order valence-corrected chi connectivity index (χ3v) is 7.11. The third kappa shape index (κ3) is 4.28. The van der Waals surface area contributed by atoms with Crippen LogP contribution >= 0.6 is 0 Å². The minimum Gasteiger partial charge on any atom is -0.350 e. The molecule has 1 aliphatic carbocycles. The summed E-state index contributed by atoms with van der Waals surface area (Å²) in [4.78, 5) is 27.5. The van der Waals surface area contributed by atoms with Gasteiger partial charge in [0, 0.05) is 40.5 Å². The minimum absolute atomic E-state index is 0.0446. The fourth-order valence-electron chi connectivity index (χ4n) is 5.44. The average Bonchev–Trinajstić information content (AvgIpc) is 3.46. The minimum atomic E-state index is -0.393. The van der Waals surface area contributed by atoms with Gasteiger partial charge >= 0.3 is 0 Å². The maximum atomic E-state index is 13.4. The number of nitrogens with zero attached hydrogens (tertiary/aromatic N) is 3. The molecular weight excluding hydrogens is 450 g/mol. The highest BCUT2D eigenvalue weighted by atomic mass is 16.2. The lowest BCUT2D eigenvalue weighted by atomic mass is 9.90. The molecule has 3 aromatic rings. The van der Waals surface area contributed by atoms with Gasteiger partial charge in [-0.05, 0) is 67.5 Å². The Morgan fingerprint density at radius 1 is 1.19 bits per heavy atom. The van der Waals surface area contributed by atoms with Crippen molar-refractivity contribution < 1.29 is 9.59 Å². The van der Waals surface area contributed by atoms with Gasteiger partial charge in [-0.25, -0.2) is 0 Å². The van der Waals surface area contributed by atoms with Gasteiger partial charge < -0.3 is 10.2 Å². The van der Waals surface area contributed by atoms with E-state index in [0.29, 0.717) is 17.7 Å². The summed E-state index contributed by atoms with van der Waals surface area (Å²) >= 11 is 0. The van der Waals surface area contributed by atoms with Crippen molar-refractivity contribution in [2.75, 3.05) is 0 Å². The van der Waals surface area contributed by atoms with Gasteiger partial charge in [-0.2, -0.15) is 10.4 Å². The SMILES string of the molecule is CC(C)NC(=O)c1ccc([C@@H](CC#N)N2Cc3cc(-c4n[nH]c5c4CC(C)(C)C5)ccc3C2=O)cc1. The van der Waals surface area contributed by atoms with Gasteiger partial charge in [-0.1, -0.05) is 32.0 Å². The summed E-state index contributed by atoms with van der Waals surface area (Å²) in [6.45, 7) is 8.79. The molecule has 7 nitrogen and oxygen atoms in total. The second kappa shape index (κ2) is 8.94. The van der Waals surface area contributed by atoms with Crippen LogP contribution in [0, 0.1) is 16.7 Å². The van der Waals surface area contributed by atoms with Crippen LogP contribution < -0.4 is 5.32 Å². The third-order valence-electron chi connectivity index (χ3n) is 7.11. The van der Waals surface area contributed by atoms with Crippen LogP contribution in [0.25, 0.3) is 11.3 Å². The van der Waals surface area contributed by atoms with Gasteiger partial charge in [0.05, 0.1) is 24.2 Å². The van der Waals surface area contributed by atoms with E-state index in [4.69, 9.17) is 0 Å². The van der Waals surface area contributed by atoms with Crippen molar-refractivity contribution in [2.24, 2.45) is 5.41 Å². The molecule has 1 aromatic heterocycles. The van der Waals surface area contributed by atoms with E-state index in [0.717, 1.165) is 35.2 Å². The summed E-state index contributed by atoms with van der Waals surface area (Å²) in [6, 6.07) is 15.0. The molecule has 2 aliphatic rings. The molecule has 2 amide bonds. The quantitative estimate of drug-likeness (QED) is 0.520. The number of benzene rings is 2. The molecule has 1 atom stereocenters. The Morgan fingerprint density at radius 2 is 1.94 bits per heavy atom. The summed E-state index contributed by atoms with van der Waals surface area (Å²) in [5.41, 5.74) is 7.68. The van der Waals surface area contributed by atoms with Gasteiger partial charge in [0.2, 0.25) is 0 Å². The van der Waals surface area contributed by atoms with Crippen molar-refractivity contribution in [1.29, 1.82) is 5.26 Å². The Morgan fingerprint density at radius 3 is 2.64 bits per heavy atom. The topological polar surface area (TPSA) is 102 Å². The van der Waals surface area contributed by atoms with E-state index in [9.17, 15) is 14.9 Å². The smallest absolute Gasteiger partial charge is 0.255 e. The number of aromatic amines is 1. The summed E-state index contributed by atoms with van der Waals surface area (Å²) < 4.78 is 0. The van der Waals surface area contributed by atoms with Crippen LogP contribution in [-0.2, 0) is 19.4 Å². The number of nitriles is 1. The van der Waals surface area contributed by atoms with Crippen LogP contribution in [0.5, 0.6) is 0 Å². The maximum Gasteiger partial charge on any atom is 0.255 e. The average molecular weight is 482 g/mol. The number of H-pyrrole nitrogens is 1. The molecule has 2 N–H and O–H groups in total. The van der Waals surface area contributed by atoms with Crippen LogP contribution in [0.1, 0.15) is 83.3 Å². The maximum absolute atomic E-state index is 13.4. The molecule has 7 heteroatoms. The second-order valence-electron chi connectivity index (χ2n) is 11.0. The number of fused-ring (bicyclic) bond motifs is 2. The number of hydrogen-bond acceptors (Lipinski definition) is 4. The Kier molecular flexibility index (Phi) is 5.91. The molecule has 2 heterocycles. The summed E-state index contributed by atoms with van der Waals surface area (Å²) in [5.74, 6) is -0.217. The summed E-state index contributed by atoms with van der Waals surface area (Å²) in [5, 5.41) is 20.2. The van der Waals surface area contributed by atoms with E-state index in [1.807, 2.05) is 38.1 Å². The van der Waals surface area contributed by atoms with Crippen LogP contribution in [0.2, 0.25) is 0 Å². The first-order chi connectivity index (χ1) is 17.2. The summed E-state index contributed by atoms with van der Waals surface area (Å²) in [7, 11) is 0. The first-order valence-electron chi connectivity index (χ1n) is 12.4. The van der Waals surface area contributed by atoms with Gasteiger partial charge in [0.25, 0.3) is 11.8 Å². The second-order valence-corrected chi connectivity index (χ2v) is 11.0. The highest BCUT2D eigenvalue weighted by Crippen LogP contribution is 2.41. The van der Waals surface area contributed by atoms with Crippen LogP contribution in [-0.4, -0.2) is 33.0 Å². The number of rotatable bonds is 6. The number of hydrogen-bond donors (Lipinski definition) is 2. The van der Waals surface area contributed by atoms with E-state index >= 15 is 0 Å². The molecule has 0 bridgehead atoms. The highest BCUT2D eigenvalue weighted by Gasteiger charge is 2.36. The zero-order valence-corrected chi connectivity index (χ0v) is 21.2. The number of nitrogens with one attached hydrogen (secondary N) is 2. The normalized spacial score (nSPS) is 16.6. The Balaban J connectivity index is 1.40. The molecule has 5 rings (SSSR count). The number of amides is 2. The largest absolute Gasteiger partial charge is 0.350 e. The summed E-state index contributed by atoms with van der Waals surface area (Å²) in [6.07, 6.45) is 2.14. The van der Waals surface area contributed by atoms with E-state index < -0.39 is 6.04 Å². The standard InChI is InChI=1S/C29H31N5O2/c1-17(2)31-27(35)19-7-5-18(6-8-19)25(11-12-30)34-16-21-13-20(9-10-22(21)28(34)36)26-23-14-29(3,4)15-24(23)32-33-26/h5-10,13,17,25H,11,14-16H2,1-4H3,(H,31,35)(H,32,33)/t25-/m1/s1. The van der Waals surface area contributed by atoms with Gasteiger partial charge in [-0.15, -0.1) is 0 Å². The molecule has 1 aliphatic heterocycles. The van der Waals surface area contributed by atoms with Crippen LogP contribution in [0.3, 0.4) is 0 Å². The lowest BCUT2D eigenvalue weighted by Gasteiger charge is -2.26. The monoisotopic (exact) mass is 481 g/mol. The van der Waals surface area contributed by atoms with Crippen LogP contribution in [0.4, 0.5) is 0 Å². The molecule has 0 saturated heterocycles.